The van der Waals surface area contributed by atoms with E-state index >= 15 is 0 Å². The minimum absolute atomic E-state index is 0. The van der Waals surface area contributed by atoms with E-state index in [9.17, 15) is 0 Å². The van der Waals surface area contributed by atoms with Gasteiger partial charge >= 0.3 is 0 Å². The summed E-state index contributed by atoms with van der Waals surface area (Å²) in [5.41, 5.74) is 1.93. The second-order valence-electron chi connectivity index (χ2n) is 6.04. The van der Waals surface area contributed by atoms with Crippen molar-refractivity contribution in [2.45, 2.75) is 29.3 Å². The molecule has 1 unspecified atom stereocenters. The Morgan fingerprint density at radius 1 is 1.22 bits per heavy atom. The lowest BCUT2D eigenvalue weighted by atomic mass is 10.1. The predicted octanol–water partition coefficient (Wildman–Crippen LogP) is 5.41. The van der Waals surface area contributed by atoms with E-state index in [1.54, 1.807) is 23.1 Å². The molecular weight excluding hydrogens is 402 g/mol. The Labute approximate surface area is 171 Å². The van der Waals surface area contributed by atoms with Crippen molar-refractivity contribution in [3.05, 3.63) is 53.2 Å². The van der Waals surface area contributed by atoms with Gasteiger partial charge in [0.15, 0.2) is 11.6 Å². The van der Waals surface area contributed by atoms with Gasteiger partial charge in [-0.25, -0.2) is 0 Å². The van der Waals surface area contributed by atoms with Gasteiger partial charge in [0.2, 0.25) is 0 Å². The van der Waals surface area contributed by atoms with Crippen LogP contribution in [0, 0.1) is 0 Å². The Hall–Kier alpha value is -1.80. The molecule has 1 aromatic carbocycles. The van der Waals surface area contributed by atoms with E-state index in [0.717, 1.165) is 22.3 Å². The zero-order chi connectivity index (χ0) is 17.9. The number of nitrogens with one attached hydrogen (secondary N) is 1. The molecule has 0 aliphatic rings. The summed E-state index contributed by atoms with van der Waals surface area (Å²) >= 11 is 3.53. The van der Waals surface area contributed by atoms with E-state index in [2.05, 4.69) is 46.0 Å². The summed E-state index contributed by atoms with van der Waals surface area (Å²) in [6.07, 6.45) is 0.708. The number of nitrogens with zero attached hydrogens (tertiary/aromatic N) is 2. The van der Waals surface area contributed by atoms with Crippen LogP contribution >= 0.6 is 35.5 Å². The number of hydrogen-bond donors (Lipinski definition) is 1. The summed E-state index contributed by atoms with van der Waals surface area (Å²) in [6.45, 7) is 2.08. The predicted molar refractivity (Wildman–Crippen MR) is 113 cm³/mol. The molecule has 3 heterocycles. The zero-order valence-electron chi connectivity index (χ0n) is 15.0. The van der Waals surface area contributed by atoms with Crippen molar-refractivity contribution in [1.29, 1.82) is 0 Å². The molecule has 0 amide bonds. The van der Waals surface area contributed by atoms with Gasteiger partial charge in [0.1, 0.15) is 5.58 Å². The van der Waals surface area contributed by atoms with Gasteiger partial charge in [0, 0.05) is 29.2 Å². The number of hydrogen-bond acceptors (Lipinski definition) is 7. The second kappa shape index (κ2) is 8.93. The molecule has 0 spiro atoms. The van der Waals surface area contributed by atoms with Crippen molar-refractivity contribution in [2.24, 2.45) is 0 Å². The molecule has 0 saturated carbocycles. The van der Waals surface area contributed by atoms with Crippen molar-refractivity contribution in [1.82, 2.24) is 15.5 Å². The standard InChI is InChI=1S/C19H19N3O2S2.ClH/c1-12(20-2)10-16-21-19(24-22-16)18-14(11-26-17-8-5-9-25-17)13-6-3-4-7-15(13)23-18;/h3-9,12,20H,10-11H2,1-2H3;1H. The van der Waals surface area contributed by atoms with Crippen LogP contribution in [0.3, 0.4) is 0 Å². The third kappa shape index (κ3) is 4.38. The molecule has 1 N–H and O–H groups in total. The van der Waals surface area contributed by atoms with Gasteiger partial charge in [-0.05, 0) is 31.5 Å². The van der Waals surface area contributed by atoms with E-state index in [-0.39, 0.29) is 18.4 Å². The maximum atomic E-state index is 6.08. The summed E-state index contributed by atoms with van der Waals surface area (Å²) in [4.78, 5) is 4.55. The van der Waals surface area contributed by atoms with Gasteiger partial charge < -0.3 is 14.3 Å². The van der Waals surface area contributed by atoms with Crippen LogP contribution in [0.5, 0.6) is 0 Å². The molecule has 0 aliphatic carbocycles. The number of thioether (sulfide) groups is 1. The number of likely N-dealkylation sites (N-methyl/N-ethyl adjacent to an activating group) is 1. The van der Waals surface area contributed by atoms with Gasteiger partial charge in [0.25, 0.3) is 5.89 Å². The van der Waals surface area contributed by atoms with Crippen molar-refractivity contribution in [2.75, 3.05) is 7.05 Å². The number of para-hydroxylation sites is 1. The number of benzene rings is 1. The molecule has 4 aromatic rings. The summed E-state index contributed by atoms with van der Waals surface area (Å²) in [7, 11) is 1.92. The highest BCUT2D eigenvalue weighted by Crippen LogP contribution is 2.37. The number of thiophene rings is 1. The Bertz CT molecular complexity index is 998. The molecule has 1 atom stereocenters. The van der Waals surface area contributed by atoms with E-state index in [4.69, 9.17) is 8.94 Å². The summed E-state index contributed by atoms with van der Waals surface area (Å²) in [6, 6.07) is 12.5. The third-order valence-corrected chi connectivity index (χ3v) is 6.35. The zero-order valence-corrected chi connectivity index (χ0v) is 17.4. The van der Waals surface area contributed by atoms with Crippen LogP contribution in [0.1, 0.15) is 18.3 Å². The van der Waals surface area contributed by atoms with Crippen LogP contribution in [0.2, 0.25) is 0 Å². The Morgan fingerprint density at radius 3 is 2.85 bits per heavy atom. The first-order chi connectivity index (χ1) is 12.7. The van der Waals surface area contributed by atoms with Gasteiger partial charge in [-0.1, -0.05) is 29.4 Å². The van der Waals surface area contributed by atoms with Gasteiger partial charge in [0.05, 0.1) is 4.21 Å². The lowest BCUT2D eigenvalue weighted by Crippen LogP contribution is -2.24. The smallest absolute Gasteiger partial charge is 0.293 e. The minimum Gasteiger partial charge on any atom is -0.451 e. The van der Waals surface area contributed by atoms with Gasteiger partial charge in [-0.15, -0.1) is 35.5 Å². The highest BCUT2D eigenvalue weighted by atomic mass is 35.5. The number of halogens is 1. The quantitative estimate of drug-likeness (QED) is 0.402. The molecule has 3 aromatic heterocycles. The van der Waals surface area contributed by atoms with Crippen LogP contribution < -0.4 is 5.32 Å². The molecule has 0 radical (unpaired) electrons. The van der Waals surface area contributed by atoms with E-state index < -0.39 is 0 Å². The topological polar surface area (TPSA) is 64.1 Å². The molecule has 0 fully saturated rings. The van der Waals surface area contributed by atoms with Crippen molar-refractivity contribution in [3.63, 3.8) is 0 Å². The third-order valence-electron chi connectivity index (χ3n) is 4.20. The first-order valence-electron chi connectivity index (χ1n) is 8.41. The molecule has 4 rings (SSSR count). The molecule has 0 bridgehead atoms. The largest absolute Gasteiger partial charge is 0.451 e. The van der Waals surface area contributed by atoms with Gasteiger partial charge in [-0.2, -0.15) is 4.98 Å². The fraction of sp³-hybridized carbons (Fsp3) is 0.263. The normalized spacial score (nSPS) is 12.2. The summed E-state index contributed by atoms with van der Waals surface area (Å²) in [5, 5.41) is 10.5. The number of fused-ring (bicyclic) bond motifs is 1. The molecule has 142 valence electrons. The molecule has 8 heteroatoms. The molecule has 0 aliphatic heterocycles. The summed E-state index contributed by atoms with van der Waals surface area (Å²) in [5.74, 6) is 2.59. The molecule has 27 heavy (non-hydrogen) atoms. The van der Waals surface area contributed by atoms with Crippen LogP contribution in [0.15, 0.2) is 54.9 Å². The molecular formula is C19H20ClN3O2S2. The van der Waals surface area contributed by atoms with E-state index in [1.165, 1.54) is 4.21 Å². The molecule has 0 saturated heterocycles. The maximum absolute atomic E-state index is 6.08. The number of aromatic nitrogens is 2. The van der Waals surface area contributed by atoms with Crippen molar-refractivity contribution in [3.8, 4) is 11.7 Å². The number of furan rings is 1. The van der Waals surface area contributed by atoms with Crippen molar-refractivity contribution >= 4 is 46.5 Å². The maximum Gasteiger partial charge on any atom is 0.293 e. The van der Waals surface area contributed by atoms with Crippen LogP contribution in [0.25, 0.3) is 22.6 Å². The highest BCUT2D eigenvalue weighted by molar-refractivity contribution is 8.00. The van der Waals surface area contributed by atoms with E-state index in [1.807, 2.05) is 25.2 Å². The monoisotopic (exact) mass is 421 g/mol. The summed E-state index contributed by atoms with van der Waals surface area (Å²) < 4.78 is 12.9. The first-order valence-corrected chi connectivity index (χ1v) is 10.3. The molecule has 5 nitrogen and oxygen atoms in total. The fourth-order valence-electron chi connectivity index (χ4n) is 2.71. The average molecular weight is 422 g/mol. The minimum atomic E-state index is 0. The fourth-order valence-corrected chi connectivity index (χ4v) is 4.52. The Balaban J connectivity index is 0.00000210. The van der Waals surface area contributed by atoms with Crippen LogP contribution in [-0.4, -0.2) is 23.2 Å². The van der Waals surface area contributed by atoms with Crippen molar-refractivity contribution < 1.29 is 8.94 Å². The first kappa shape index (κ1) is 19.9. The van der Waals surface area contributed by atoms with Crippen LogP contribution in [0.4, 0.5) is 0 Å². The second-order valence-corrected chi connectivity index (χ2v) is 8.26. The average Bonchev–Trinajstić information content (AvgIpc) is 3.39. The lowest BCUT2D eigenvalue weighted by Gasteiger charge is -2.04. The Kier molecular flexibility index (Phi) is 6.59. The highest BCUT2D eigenvalue weighted by Gasteiger charge is 2.21. The lowest BCUT2D eigenvalue weighted by molar-refractivity contribution is 0.408. The van der Waals surface area contributed by atoms with Gasteiger partial charge in [-0.3, -0.25) is 0 Å². The Morgan fingerprint density at radius 2 is 2.07 bits per heavy atom. The number of rotatable bonds is 7. The van der Waals surface area contributed by atoms with Crippen LogP contribution in [-0.2, 0) is 12.2 Å². The van der Waals surface area contributed by atoms with E-state index in [0.29, 0.717) is 23.9 Å². The SMILES string of the molecule is CNC(C)Cc1noc(-c2oc3ccccc3c2CSc2cccs2)n1.Cl.